The number of aryl methyl sites for hydroxylation is 1. The fourth-order valence-electron chi connectivity index (χ4n) is 3.58. The van der Waals surface area contributed by atoms with Crippen molar-refractivity contribution < 1.29 is 4.79 Å². The normalized spacial score (nSPS) is 17.4. The van der Waals surface area contributed by atoms with Gasteiger partial charge < -0.3 is 4.90 Å². The molecule has 1 aliphatic rings. The molecule has 26 heavy (non-hydrogen) atoms. The second kappa shape index (κ2) is 7.47. The molecule has 4 rings (SSSR count). The first-order chi connectivity index (χ1) is 12.8. The topological polar surface area (TPSA) is 92.6 Å². The van der Waals surface area contributed by atoms with Crippen LogP contribution in [-0.2, 0) is 6.54 Å². The SMILES string of the molecule is O=C(c1ccccc1-c1nn[nH]n1)N1CCCC[C@H]1CCn1cccn1. The molecule has 1 atom stereocenters. The summed E-state index contributed by atoms with van der Waals surface area (Å²) >= 11 is 0. The van der Waals surface area contributed by atoms with Gasteiger partial charge >= 0.3 is 0 Å². The Balaban J connectivity index is 1.56. The summed E-state index contributed by atoms with van der Waals surface area (Å²) in [5.41, 5.74) is 1.34. The van der Waals surface area contributed by atoms with Crippen molar-refractivity contribution in [2.75, 3.05) is 6.54 Å². The van der Waals surface area contributed by atoms with Gasteiger partial charge in [-0.25, -0.2) is 0 Å². The number of tetrazole rings is 1. The van der Waals surface area contributed by atoms with Crippen LogP contribution < -0.4 is 0 Å². The number of rotatable bonds is 5. The summed E-state index contributed by atoms with van der Waals surface area (Å²) in [6, 6.07) is 9.60. The first-order valence-corrected chi connectivity index (χ1v) is 8.94. The molecule has 1 aliphatic heterocycles. The molecule has 0 unspecified atom stereocenters. The average molecular weight is 351 g/mol. The Hall–Kier alpha value is -3.03. The third-order valence-electron chi connectivity index (χ3n) is 4.88. The van der Waals surface area contributed by atoms with E-state index in [4.69, 9.17) is 0 Å². The Morgan fingerprint density at radius 2 is 2.15 bits per heavy atom. The van der Waals surface area contributed by atoms with Crippen molar-refractivity contribution in [1.29, 1.82) is 0 Å². The number of carbonyl (C=O) groups is 1. The van der Waals surface area contributed by atoms with E-state index in [0.29, 0.717) is 17.0 Å². The highest BCUT2D eigenvalue weighted by Crippen LogP contribution is 2.26. The van der Waals surface area contributed by atoms with E-state index in [1.807, 2.05) is 46.1 Å². The molecule has 3 aromatic rings. The maximum atomic E-state index is 13.3. The highest BCUT2D eigenvalue weighted by Gasteiger charge is 2.29. The highest BCUT2D eigenvalue weighted by molar-refractivity contribution is 6.00. The molecule has 8 heteroatoms. The standard InChI is InChI=1S/C18H21N7O/c26-18(16-8-2-1-7-15(16)17-20-22-23-21-17)25-12-4-3-6-14(25)9-13-24-11-5-10-19-24/h1-2,5,7-8,10-11,14H,3-4,6,9,12-13H2,(H,20,21,22,23)/t14-/m0/s1. The number of aromatic amines is 1. The minimum Gasteiger partial charge on any atom is -0.336 e. The summed E-state index contributed by atoms with van der Waals surface area (Å²) in [4.78, 5) is 15.3. The lowest BCUT2D eigenvalue weighted by atomic mass is 9.97. The third-order valence-corrected chi connectivity index (χ3v) is 4.88. The second-order valence-electron chi connectivity index (χ2n) is 6.49. The minimum atomic E-state index is 0.0376. The molecule has 0 saturated carbocycles. The number of nitrogens with zero attached hydrogens (tertiary/aromatic N) is 6. The number of H-pyrrole nitrogens is 1. The van der Waals surface area contributed by atoms with Gasteiger partial charge in [0.15, 0.2) is 0 Å². The first kappa shape index (κ1) is 16.4. The lowest BCUT2D eigenvalue weighted by molar-refractivity contribution is 0.0594. The van der Waals surface area contributed by atoms with Crippen molar-refractivity contribution in [1.82, 2.24) is 35.3 Å². The molecule has 1 N–H and O–H groups in total. The molecule has 0 bridgehead atoms. The Morgan fingerprint density at radius 3 is 2.96 bits per heavy atom. The van der Waals surface area contributed by atoms with Gasteiger partial charge in [0.1, 0.15) is 0 Å². The van der Waals surface area contributed by atoms with E-state index in [0.717, 1.165) is 38.8 Å². The summed E-state index contributed by atoms with van der Waals surface area (Å²) in [6.45, 7) is 1.59. The van der Waals surface area contributed by atoms with Crippen LogP contribution in [0.2, 0.25) is 0 Å². The Labute approximate surface area is 151 Å². The average Bonchev–Trinajstić information content (AvgIpc) is 3.40. The number of carbonyl (C=O) groups excluding carboxylic acids is 1. The third kappa shape index (κ3) is 3.35. The first-order valence-electron chi connectivity index (χ1n) is 8.94. The van der Waals surface area contributed by atoms with Gasteiger partial charge in [0.25, 0.3) is 5.91 Å². The zero-order valence-corrected chi connectivity index (χ0v) is 14.5. The molecule has 1 fully saturated rings. The molecule has 0 aliphatic carbocycles. The fourth-order valence-corrected chi connectivity index (χ4v) is 3.58. The number of hydrogen-bond donors (Lipinski definition) is 1. The number of likely N-dealkylation sites (tertiary alicyclic amines) is 1. The number of nitrogens with one attached hydrogen (secondary N) is 1. The van der Waals surface area contributed by atoms with Crippen molar-refractivity contribution in [2.24, 2.45) is 0 Å². The second-order valence-corrected chi connectivity index (χ2v) is 6.49. The largest absolute Gasteiger partial charge is 0.336 e. The molecule has 1 amide bonds. The van der Waals surface area contributed by atoms with Gasteiger partial charge in [0, 0.05) is 37.1 Å². The van der Waals surface area contributed by atoms with Crippen LogP contribution in [0.3, 0.4) is 0 Å². The van der Waals surface area contributed by atoms with Crippen LogP contribution in [0.15, 0.2) is 42.7 Å². The lowest BCUT2D eigenvalue weighted by Gasteiger charge is -2.36. The van der Waals surface area contributed by atoms with Crippen molar-refractivity contribution >= 4 is 5.91 Å². The molecule has 8 nitrogen and oxygen atoms in total. The molecule has 3 heterocycles. The van der Waals surface area contributed by atoms with Gasteiger partial charge in [0.2, 0.25) is 5.82 Å². The van der Waals surface area contributed by atoms with E-state index in [-0.39, 0.29) is 11.9 Å². The Morgan fingerprint density at radius 1 is 1.23 bits per heavy atom. The van der Waals surface area contributed by atoms with Gasteiger partial charge in [-0.3, -0.25) is 9.48 Å². The van der Waals surface area contributed by atoms with Crippen molar-refractivity contribution in [3.8, 4) is 11.4 Å². The zero-order chi connectivity index (χ0) is 17.8. The number of hydrogen-bond acceptors (Lipinski definition) is 5. The number of amides is 1. The predicted molar refractivity (Wildman–Crippen MR) is 95.1 cm³/mol. The molecule has 0 radical (unpaired) electrons. The molecule has 134 valence electrons. The molecule has 1 aromatic carbocycles. The fraction of sp³-hybridized carbons (Fsp3) is 0.389. The summed E-state index contributed by atoms with van der Waals surface area (Å²) < 4.78 is 1.92. The maximum absolute atomic E-state index is 13.3. The number of benzene rings is 1. The summed E-state index contributed by atoms with van der Waals surface area (Å²) in [7, 11) is 0. The Bertz CT molecular complexity index is 844. The summed E-state index contributed by atoms with van der Waals surface area (Å²) in [6.07, 6.45) is 7.86. The highest BCUT2D eigenvalue weighted by atomic mass is 16.2. The van der Waals surface area contributed by atoms with Gasteiger partial charge in [-0.05, 0) is 43.0 Å². The van der Waals surface area contributed by atoms with Gasteiger partial charge in [-0.2, -0.15) is 10.3 Å². The minimum absolute atomic E-state index is 0.0376. The quantitative estimate of drug-likeness (QED) is 0.760. The summed E-state index contributed by atoms with van der Waals surface area (Å²) in [5.74, 6) is 0.481. The van der Waals surface area contributed by atoms with Crippen molar-refractivity contribution in [3.05, 3.63) is 48.3 Å². The Kier molecular flexibility index (Phi) is 4.72. The summed E-state index contributed by atoms with van der Waals surface area (Å²) in [5, 5.41) is 18.4. The number of piperidine rings is 1. The van der Waals surface area contributed by atoms with Crippen LogP contribution in [0.25, 0.3) is 11.4 Å². The van der Waals surface area contributed by atoms with E-state index >= 15 is 0 Å². The molecule has 0 spiro atoms. The number of aromatic nitrogens is 6. The van der Waals surface area contributed by atoms with Crippen LogP contribution in [0.1, 0.15) is 36.0 Å². The van der Waals surface area contributed by atoms with Gasteiger partial charge in [-0.15, -0.1) is 10.2 Å². The van der Waals surface area contributed by atoms with E-state index < -0.39 is 0 Å². The van der Waals surface area contributed by atoms with E-state index in [2.05, 4.69) is 25.7 Å². The smallest absolute Gasteiger partial charge is 0.254 e. The van der Waals surface area contributed by atoms with E-state index in [1.54, 1.807) is 6.20 Å². The van der Waals surface area contributed by atoms with E-state index in [9.17, 15) is 4.79 Å². The van der Waals surface area contributed by atoms with Crippen LogP contribution in [0.5, 0.6) is 0 Å². The maximum Gasteiger partial charge on any atom is 0.254 e. The van der Waals surface area contributed by atoms with Crippen molar-refractivity contribution in [2.45, 2.75) is 38.3 Å². The zero-order valence-electron chi connectivity index (χ0n) is 14.5. The van der Waals surface area contributed by atoms with Crippen LogP contribution >= 0.6 is 0 Å². The molecule has 2 aromatic heterocycles. The molecule has 1 saturated heterocycles. The van der Waals surface area contributed by atoms with Crippen molar-refractivity contribution in [3.63, 3.8) is 0 Å². The molecular formula is C18H21N7O. The van der Waals surface area contributed by atoms with E-state index in [1.165, 1.54) is 0 Å². The van der Waals surface area contributed by atoms with Crippen LogP contribution in [-0.4, -0.2) is 53.8 Å². The predicted octanol–water partition coefficient (Wildman–Crippen LogP) is 2.15. The van der Waals surface area contributed by atoms with Crippen LogP contribution in [0, 0.1) is 0 Å². The lowest BCUT2D eigenvalue weighted by Crippen LogP contribution is -2.44. The van der Waals surface area contributed by atoms with Crippen LogP contribution in [0.4, 0.5) is 0 Å². The van der Waals surface area contributed by atoms with Gasteiger partial charge in [-0.1, -0.05) is 18.2 Å². The monoisotopic (exact) mass is 351 g/mol. The molecular weight excluding hydrogens is 330 g/mol. The van der Waals surface area contributed by atoms with Gasteiger partial charge in [0.05, 0.1) is 5.56 Å².